The molecule has 2 bridgehead atoms. The number of likely N-dealkylation sites (tertiary alicyclic amines) is 1. The molecule has 0 amide bonds. The van der Waals surface area contributed by atoms with Crippen LogP contribution in [0.2, 0.25) is 0 Å². The molecule has 3 nitrogen and oxygen atoms in total. The fourth-order valence-corrected chi connectivity index (χ4v) is 1.90. The van der Waals surface area contributed by atoms with E-state index in [0.717, 1.165) is 0 Å². The molecule has 2 aliphatic rings. The number of likely N-dealkylation sites (N-methyl/N-ethyl adjacent to an activating group) is 1. The molecule has 0 unspecified atom stereocenters. The van der Waals surface area contributed by atoms with Crippen LogP contribution < -0.4 is 0 Å². The number of nitrogens with zero attached hydrogens (tertiary/aromatic N) is 1. The first-order chi connectivity index (χ1) is 6.04. The van der Waals surface area contributed by atoms with Gasteiger partial charge in [-0.2, -0.15) is 0 Å². The van der Waals surface area contributed by atoms with Gasteiger partial charge < -0.3 is 9.84 Å². The normalized spacial score (nSPS) is 66.5. The predicted molar refractivity (Wildman–Crippen MR) is 41.4 cm³/mol. The van der Waals surface area contributed by atoms with Crippen LogP contribution in [0.1, 0.15) is 16.6 Å². The molecule has 0 saturated carbocycles. The first-order valence-electron chi connectivity index (χ1n) is 5.12. The van der Waals surface area contributed by atoms with Gasteiger partial charge >= 0.3 is 0 Å². The van der Waals surface area contributed by atoms with Gasteiger partial charge in [-0.1, -0.05) is 0 Å². The third-order valence-corrected chi connectivity index (χ3v) is 3.04. The van der Waals surface area contributed by atoms with Crippen molar-refractivity contribution in [3.8, 4) is 0 Å². The molecule has 3 heteroatoms. The highest BCUT2D eigenvalue weighted by molar-refractivity contribution is 5.11. The zero-order valence-corrected chi connectivity index (χ0v) is 6.82. The lowest BCUT2D eigenvalue weighted by molar-refractivity contribution is -0.0799. The number of hydrogen-bond donors (Lipinski definition) is 1. The van der Waals surface area contributed by atoms with Crippen LogP contribution in [0.25, 0.3) is 0 Å². The van der Waals surface area contributed by atoms with E-state index in [1.807, 2.05) is 18.9 Å². The minimum atomic E-state index is -0.828. The van der Waals surface area contributed by atoms with Crippen molar-refractivity contribution in [2.24, 2.45) is 0 Å². The van der Waals surface area contributed by atoms with Crippen molar-refractivity contribution in [2.45, 2.75) is 37.6 Å². The van der Waals surface area contributed by atoms with Crippen molar-refractivity contribution in [2.75, 3.05) is 13.6 Å². The van der Waals surface area contributed by atoms with Gasteiger partial charge in [0.1, 0.15) is 11.7 Å². The zero-order chi connectivity index (χ0) is 9.80. The molecule has 2 heterocycles. The minimum absolute atomic E-state index is 0.0194. The minimum Gasteiger partial charge on any atom is -0.388 e. The molecule has 0 radical (unpaired) electrons. The third kappa shape index (κ3) is 0.687. The van der Waals surface area contributed by atoms with Crippen molar-refractivity contribution in [3.63, 3.8) is 0 Å². The van der Waals surface area contributed by atoms with E-state index in [-0.39, 0.29) is 19.0 Å². The first-order valence-corrected chi connectivity index (χ1v) is 3.84. The molecule has 2 aliphatic heterocycles. The smallest absolute Gasteiger partial charge is 0.108 e. The van der Waals surface area contributed by atoms with Gasteiger partial charge in [0.05, 0.1) is 14.0 Å². The van der Waals surface area contributed by atoms with Crippen LogP contribution in [0.3, 0.4) is 0 Å². The maximum Gasteiger partial charge on any atom is 0.108 e. The summed E-state index contributed by atoms with van der Waals surface area (Å²) in [5, 5.41) is 9.88. The average molecular weight is 160 g/mol. The first kappa shape index (κ1) is 5.51. The quantitative estimate of drug-likeness (QED) is 0.534. The lowest BCUT2D eigenvalue weighted by Gasteiger charge is -2.34. The molecule has 0 aliphatic carbocycles. The summed E-state index contributed by atoms with van der Waals surface area (Å²) in [4.78, 5) is 1.94. The van der Waals surface area contributed by atoms with Gasteiger partial charge in [0, 0.05) is 7.41 Å². The molecule has 2 saturated heterocycles. The van der Waals surface area contributed by atoms with Crippen molar-refractivity contribution in [3.05, 3.63) is 0 Å². The summed E-state index contributed by atoms with van der Waals surface area (Å²) in [5.74, 6) is 0. The SMILES string of the molecule is [2H]C[C@@]12O[C@H]([3H])[C@@H]([C@@H]1O)N(C)[C@@H]2C. The summed E-state index contributed by atoms with van der Waals surface area (Å²) in [6, 6.07) is -0.244. The van der Waals surface area contributed by atoms with Crippen molar-refractivity contribution < 1.29 is 12.6 Å². The van der Waals surface area contributed by atoms with Crippen LogP contribution in [-0.2, 0) is 4.74 Å². The van der Waals surface area contributed by atoms with Crippen LogP contribution in [-0.4, -0.2) is 47.4 Å². The Morgan fingerprint density at radius 3 is 3.18 bits per heavy atom. The second kappa shape index (κ2) is 1.97. The molecule has 5 atom stereocenters. The molecule has 64 valence electrons. The average Bonchev–Trinajstić information content (AvgIpc) is 2.44. The summed E-state index contributed by atoms with van der Waals surface area (Å²) >= 11 is 0. The number of morpholine rings is 1. The number of fused-ring (bicyclic) bond motifs is 2. The monoisotopic (exact) mass is 160 g/mol. The van der Waals surface area contributed by atoms with Crippen molar-refractivity contribution >= 4 is 0 Å². The Morgan fingerprint density at radius 1 is 2.00 bits per heavy atom. The van der Waals surface area contributed by atoms with Gasteiger partial charge in [-0.3, -0.25) is 4.90 Å². The maximum atomic E-state index is 9.88. The number of rotatable bonds is 0. The third-order valence-electron chi connectivity index (χ3n) is 3.04. The maximum absolute atomic E-state index is 9.88. The molecule has 11 heavy (non-hydrogen) atoms. The Kier molecular flexibility index (Phi) is 0.988. The van der Waals surface area contributed by atoms with Gasteiger partial charge in [-0.15, -0.1) is 0 Å². The van der Waals surface area contributed by atoms with E-state index in [2.05, 4.69) is 0 Å². The van der Waals surface area contributed by atoms with Crippen LogP contribution in [0.15, 0.2) is 0 Å². The topological polar surface area (TPSA) is 32.7 Å². The molecular weight excluding hydrogens is 142 g/mol. The van der Waals surface area contributed by atoms with E-state index >= 15 is 0 Å². The Hall–Kier alpha value is -0.120. The van der Waals surface area contributed by atoms with Gasteiger partial charge in [0.15, 0.2) is 0 Å². The van der Waals surface area contributed by atoms with E-state index < -0.39 is 18.3 Å². The summed E-state index contributed by atoms with van der Waals surface area (Å²) in [6.07, 6.45) is -0.688. The highest BCUT2D eigenvalue weighted by Crippen LogP contribution is 2.41. The molecule has 0 spiro atoms. The van der Waals surface area contributed by atoms with Gasteiger partial charge in [-0.25, -0.2) is 0 Å². The van der Waals surface area contributed by atoms with Crippen LogP contribution in [0.4, 0.5) is 0 Å². The molecule has 0 aromatic heterocycles. The summed E-state index contributed by atoms with van der Waals surface area (Å²) in [7, 11) is 1.88. The number of aliphatic hydroxyl groups excluding tert-OH is 1. The second-order valence-corrected chi connectivity index (χ2v) is 3.49. The standard InChI is InChI=1S/C8H15NO2/c1-5-8(2)7(10)6(4-11-8)9(5)3/h5-7,10H,4H2,1-3H3/t5-,6+,7+,8+/m1/s1/i2D,4T/t4-,5-,6+,7+,8+. The Bertz CT molecular complexity index is 228. The lowest BCUT2D eigenvalue weighted by Crippen LogP contribution is -2.47. The predicted octanol–water partition coefficient (Wildman–Crippen LogP) is -0.161. The van der Waals surface area contributed by atoms with Crippen LogP contribution >= 0.6 is 0 Å². The van der Waals surface area contributed by atoms with Crippen LogP contribution in [0.5, 0.6) is 0 Å². The number of hydrogen-bond acceptors (Lipinski definition) is 3. The Labute approximate surface area is 69.8 Å². The number of aliphatic hydroxyl groups is 1. The van der Waals surface area contributed by atoms with Gasteiger partial charge in [0.25, 0.3) is 0 Å². The zero-order valence-electron chi connectivity index (χ0n) is 8.82. The Balaban J connectivity index is 2.36. The van der Waals surface area contributed by atoms with E-state index in [1.165, 1.54) is 0 Å². The summed E-state index contributed by atoms with van der Waals surface area (Å²) in [6.45, 7) is 1.25. The fraction of sp³-hybridized carbons (Fsp3) is 1.00. The molecule has 1 N–H and O–H groups in total. The van der Waals surface area contributed by atoms with Gasteiger partial charge in [-0.05, 0) is 20.9 Å². The van der Waals surface area contributed by atoms with E-state index in [9.17, 15) is 5.11 Å². The number of ether oxygens (including phenoxy) is 1. The molecule has 0 aromatic rings. The van der Waals surface area contributed by atoms with E-state index in [1.54, 1.807) is 0 Å². The highest BCUT2D eigenvalue weighted by Gasteiger charge is 2.59. The molecule has 2 rings (SSSR count). The molecular formula is C8H15NO2. The highest BCUT2D eigenvalue weighted by atomic mass is 16.5. The molecule has 0 aromatic carbocycles. The van der Waals surface area contributed by atoms with Crippen molar-refractivity contribution in [1.29, 1.82) is 0 Å². The van der Waals surface area contributed by atoms with Gasteiger partial charge in [0.2, 0.25) is 0 Å². The summed E-state index contributed by atoms with van der Waals surface area (Å²) < 4.78 is 20.4. The summed E-state index contributed by atoms with van der Waals surface area (Å²) in [5.41, 5.74) is -0.828. The second-order valence-electron chi connectivity index (χ2n) is 3.49. The van der Waals surface area contributed by atoms with E-state index in [4.69, 9.17) is 7.48 Å². The van der Waals surface area contributed by atoms with Crippen LogP contribution in [0, 0.1) is 0 Å². The van der Waals surface area contributed by atoms with Crippen molar-refractivity contribution in [1.82, 2.24) is 4.90 Å². The molecule has 2 fully saturated rings. The lowest BCUT2D eigenvalue weighted by atomic mass is 9.96. The fourth-order valence-electron chi connectivity index (χ4n) is 1.90. The Morgan fingerprint density at radius 2 is 2.73 bits per heavy atom. The largest absolute Gasteiger partial charge is 0.388 e. The van der Waals surface area contributed by atoms with E-state index in [0.29, 0.717) is 0 Å².